The van der Waals surface area contributed by atoms with Gasteiger partial charge in [-0.15, -0.1) is 0 Å². The van der Waals surface area contributed by atoms with E-state index >= 15 is 0 Å². The van der Waals surface area contributed by atoms with E-state index < -0.39 is 0 Å². The topological polar surface area (TPSA) is 20.3 Å². The highest BCUT2D eigenvalue weighted by atomic mass is 16.1. The van der Waals surface area contributed by atoms with Crippen LogP contribution >= 0.6 is 0 Å². The smallest absolute Gasteiger partial charge is 0.136 e. The Hall–Kier alpha value is -1.05. The van der Waals surface area contributed by atoms with Gasteiger partial charge in [-0.25, -0.2) is 0 Å². The van der Waals surface area contributed by atoms with Gasteiger partial charge in [-0.2, -0.15) is 0 Å². The molecule has 0 aromatic heterocycles. The van der Waals surface area contributed by atoms with E-state index in [0.29, 0.717) is 22.5 Å². The molecule has 0 bridgehead atoms. The molecule has 28 heavy (non-hydrogen) atoms. The Balaban J connectivity index is 1.49. The first-order chi connectivity index (χ1) is 13.5. The molecular weight excluding hydrogens is 342 g/mol. The van der Waals surface area contributed by atoms with E-state index in [1.807, 2.05) is 0 Å². The lowest BCUT2D eigenvalue weighted by atomic mass is 9.45. The van der Waals surface area contributed by atoms with Gasteiger partial charge >= 0.3 is 0 Å². The Morgan fingerprint density at radius 1 is 1.07 bits per heavy atom. The summed E-state index contributed by atoms with van der Waals surface area (Å²) in [6, 6.07) is 0. The van der Waals surface area contributed by atoms with E-state index in [2.05, 4.69) is 37.8 Å². The monoisotopic (exact) mass is 381 g/mol. The summed E-state index contributed by atoms with van der Waals surface area (Å²) in [6.45, 7) is 10.1. The van der Waals surface area contributed by atoms with E-state index in [-0.39, 0.29) is 0 Å². The number of fused-ring (bicyclic) bond motifs is 5. The van der Waals surface area contributed by atoms with Crippen LogP contribution in [-0.4, -0.2) is 23.8 Å². The average Bonchev–Trinajstić information content (AvgIpc) is 3.06. The number of ketones is 1. The lowest BCUT2D eigenvalue weighted by molar-refractivity contribution is -0.122. The van der Waals surface area contributed by atoms with E-state index in [1.54, 1.807) is 5.70 Å². The molecule has 0 radical (unpaired) electrons. The Kier molecular flexibility index (Phi) is 4.56. The van der Waals surface area contributed by atoms with E-state index in [1.165, 1.54) is 63.6 Å². The third kappa shape index (κ3) is 2.62. The number of rotatable bonds is 2. The minimum atomic E-state index is 0.291. The molecule has 2 saturated carbocycles. The van der Waals surface area contributed by atoms with Gasteiger partial charge in [0.05, 0.1) is 0 Å². The van der Waals surface area contributed by atoms with Gasteiger partial charge in [0, 0.05) is 37.0 Å². The van der Waals surface area contributed by atoms with Crippen LogP contribution in [0, 0.1) is 34.5 Å². The number of Topliss-reactive ketones (excluding diaryl/α,β-unsaturated/α-hetero) is 1. The second kappa shape index (κ2) is 6.74. The summed E-state index contributed by atoms with van der Waals surface area (Å²) in [5.74, 6) is 3.56. The lowest BCUT2D eigenvalue weighted by Crippen LogP contribution is -2.53. The first kappa shape index (κ1) is 18.9. The summed E-state index contributed by atoms with van der Waals surface area (Å²) in [4.78, 5) is 15.0. The molecule has 0 aromatic carbocycles. The van der Waals surface area contributed by atoms with Crippen LogP contribution in [0.4, 0.5) is 0 Å². The Morgan fingerprint density at radius 2 is 1.86 bits per heavy atom. The summed E-state index contributed by atoms with van der Waals surface area (Å²) in [7, 11) is 0. The largest absolute Gasteiger partial charge is 0.375 e. The number of hydrogen-bond donors (Lipinski definition) is 0. The van der Waals surface area contributed by atoms with Crippen LogP contribution in [0.25, 0.3) is 0 Å². The number of carbonyl (C=O) groups excluding carboxylic acids is 1. The lowest BCUT2D eigenvalue weighted by Gasteiger charge is -2.59. The number of piperidine rings is 1. The Morgan fingerprint density at radius 3 is 2.61 bits per heavy atom. The number of likely N-dealkylation sites (tertiary alicyclic amines) is 1. The van der Waals surface area contributed by atoms with Crippen molar-refractivity contribution in [1.82, 2.24) is 4.90 Å². The fourth-order valence-corrected chi connectivity index (χ4v) is 8.21. The standard InChI is InChI=1S/C26H39NO/c1-4-18-16-19-17-20(28)10-12-25(19,2)22-11-13-26(3)21(24(18)22)8-9-23(26)27-14-6-5-7-15-27/h9,16,18,21-22,24H,4-8,10-15,17H2,1-3H3/t18-,21+,22+,24+,25+,26+/m1/s1. The van der Waals surface area contributed by atoms with Crippen LogP contribution in [0.5, 0.6) is 0 Å². The van der Waals surface area contributed by atoms with Crippen LogP contribution in [0.1, 0.15) is 85.0 Å². The van der Waals surface area contributed by atoms with Crippen LogP contribution in [-0.2, 0) is 4.79 Å². The fraction of sp³-hybridized carbons (Fsp3) is 0.808. The van der Waals surface area contributed by atoms with Crippen molar-refractivity contribution < 1.29 is 4.79 Å². The molecule has 1 heterocycles. The Bertz CT molecular complexity index is 714. The van der Waals surface area contributed by atoms with Crippen molar-refractivity contribution in [2.75, 3.05) is 13.1 Å². The number of allylic oxidation sites excluding steroid dienone is 4. The third-order valence-corrected chi connectivity index (χ3v) is 9.81. The third-order valence-electron chi connectivity index (χ3n) is 9.81. The first-order valence-electron chi connectivity index (χ1n) is 12.2. The predicted molar refractivity (Wildman–Crippen MR) is 115 cm³/mol. The van der Waals surface area contributed by atoms with Crippen molar-refractivity contribution in [3.05, 3.63) is 23.4 Å². The summed E-state index contributed by atoms with van der Waals surface area (Å²) in [6.07, 6.45) is 17.3. The van der Waals surface area contributed by atoms with Crippen molar-refractivity contribution in [2.24, 2.45) is 34.5 Å². The number of carbonyl (C=O) groups is 1. The zero-order valence-electron chi connectivity index (χ0n) is 18.3. The van der Waals surface area contributed by atoms with Gasteiger partial charge in [0.2, 0.25) is 0 Å². The quantitative estimate of drug-likeness (QED) is 0.536. The highest BCUT2D eigenvalue weighted by Gasteiger charge is 2.59. The van der Waals surface area contributed by atoms with Crippen molar-refractivity contribution in [3.8, 4) is 0 Å². The van der Waals surface area contributed by atoms with Gasteiger partial charge < -0.3 is 4.90 Å². The molecule has 5 aliphatic rings. The van der Waals surface area contributed by atoms with Gasteiger partial charge in [0.25, 0.3) is 0 Å². The molecule has 5 rings (SSSR count). The molecule has 2 heteroatoms. The van der Waals surface area contributed by atoms with Gasteiger partial charge in [0.15, 0.2) is 0 Å². The maximum absolute atomic E-state index is 12.2. The molecule has 154 valence electrons. The molecule has 0 unspecified atom stereocenters. The summed E-state index contributed by atoms with van der Waals surface area (Å²) in [5.41, 5.74) is 3.91. The molecule has 4 aliphatic carbocycles. The first-order valence-corrected chi connectivity index (χ1v) is 12.2. The van der Waals surface area contributed by atoms with E-state index in [4.69, 9.17) is 0 Å². The molecule has 1 saturated heterocycles. The molecule has 2 nitrogen and oxygen atoms in total. The van der Waals surface area contributed by atoms with Crippen LogP contribution in [0.2, 0.25) is 0 Å². The van der Waals surface area contributed by atoms with Crippen molar-refractivity contribution in [1.29, 1.82) is 0 Å². The van der Waals surface area contributed by atoms with Crippen molar-refractivity contribution in [3.63, 3.8) is 0 Å². The normalized spacial score (nSPS) is 45.7. The van der Waals surface area contributed by atoms with Crippen LogP contribution in [0.3, 0.4) is 0 Å². The molecule has 1 aliphatic heterocycles. The van der Waals surface area contributed by atoms with Crippen LogP contribution < -0.4 is 0 Å². The summed E-state index contributed by atoms with van der Waals surface area (Å²) < 4.78 is 0. The molecule has 0 aromatic rings. The highest BCUT2D eigenvalue weighted by Crippen LogP contribution is 2.66. The summed E-state index contributed by atoms with van der Waals surface area (Å²) >= 11 is 0. The van der Waals surface area contributed by atoms with Gasteiger partial charge in [-0.3, -0.25) is 4.79 Å². The van der Waals surface area contributed by atoms with Crippen molar-refractivity contribution in [2.45, 2.75) is 85.0 Å². The zero-order chi connectivity index (χ0) is 19.5. The summed E-state index contributed by atoms with van der Waals surface area (Å²) in [5, 5.41) is 0. The zero-order valence-corrected chi connectivity index (χ0v) is 18.3. The number of hydrogen-bond acceptors (Lipinski definition) is 2. The number of nitrogens with zero attached hydrogens (tertiary/aromatic N) is 1. The van der Waals surface area contributed by atoms with Gasteiger partial charge in [-0.05, 0) is 80.5 Å². The average molecular weight is 382 g/mol. The van der Waals surface area contributed by atoms with Crippen molar-refractivity contribution >= 4 is 5.78 Å². The SMILES string of the molecule is CC[C@@H]1C=C2CC(=O)CC[C@]2(C)[C@H]2CC[C@]3(C)C(N4CCCCC4)=CC[C@H]3[C@H]12. The molecule has 0 spiro atoms. The van der Waals surface area contributed by atoms with E-state index in [0.717, 1.165) is 37.0 Å². The molecule has 0 amide bonds. The maximum Gasteiger partial charge on any atom is 0.136 e. The van der Waals surface area contributed by atoms with Gasteiger partial charge in [0.1, 0.15) is 5.78 Å². The fourth-order valence-electron chi connectivity index (χ4n) is 8.21. The minimum absolute atomic E-state index is 0.291. The molecule has 0 N–H and O–H groups in total. The Labute approximate surface area is 171 Å². The van der Waals surface area contributed by atoms with Crippen LogP contribution in [0.15, 0.2) is 23.4 Å². The molecular formula is C26H39NO. The van der Waals surface area contributed by atoms with E-state index in [9.17, 15) is 4.79 Å². The minimum Gasteiger partial charge on any atom is -0.375 e. The second-order valence-electron chi connectivity index (χ2n) is 11.0. The second-order valence-corrected chi connectivity index (χ2v) is 11.0. The molecule has 6 atom stereocenters. The predicted octanol–water partition coefficient (Wildman–Crippen LogP) is 6.13. The van der Waals surface area contributed by atoms with Gasteiger partial charge in [-0.1, -0.05) is 38.5 Å². The molecule has 3 fully saturated rings. The highest BCUT2D eigenvalue weighted by molar-refractivity contribution is 5.82. The maximum atomic E-state index is 12.2.